The van der Waals surface area contributed by atoms with Crippen molar-refractivity contribution in [2.24, 2.45) is 0 Å². The van der Waals surface area contributed by atoms with E-state index < -0.39 is 0 Å². The Morgan fingerprint density at radius 3 is 2.42 bits per heavy atom. The Morgan fingerprint density at radius 1 is 1.12 bits per heavy atom. The lowest BCUT2D eigenvalue weighted by Gasteiger charge is -2.33. The number of carbonyl (C=O) groups is 1. The molecule has 0 spiro atoms. The maximum Gasteiger partial charge on any atom is 0.272 e. The normalized spacial score (nSPS) is 15.3. The molecule has 1 aromatic heterocycles. The Balaban J connectivity index is 1.67. The van der Waals surface area contributed by atoms with Crippen molar-refractivity contribution < 1.29 is 4.79 Å². The summed E-state index contributed by atoms with van der Waals surface area (Å²) in [6.07, 6.45) is 1.44. The Labute approximate surface area is 155 Å². The minimum atomic E-state index is -0.0265. The average molecular weight is 353 g/mol. The standard InChI is InChI=1S/C20H27N5O/c1-4-24-9-11-25(12-10-24)20(26)18-13-19(22-14-21-18)23-17-7-5-16(6-8-17)15(2)3/h5-8,13-15H,4,9-12H2,1-3H3,(H,21,22,23). The van der Waals surface area contributed by atoms with E-state index in [1.807, 2.05) is 17.0 Å². The van der Waals surface area contributed by atoms with E-state index in [1.54, 1.807) is 6.07 Å². The molecule has 0 bridgehead atoms. The first-order chi connectivity index (χ1) is 12.6. The first-order valence-electron chi connectivity index (χ1n) is 9.27. The molecule has 1 amide bonds. The summed E-state index contributed by atoms with van der Waals surface area (Å²) in [5.41, 5.74) is 2.68. The number of rotatable bonds is 5. The highest BCUT2D eigenvalue weighted by Crippen LogP contribution is 2.20. The molecule has 1 aromatic carbocycles. The third-order valence-electron chi connectivity index (χ3n) is 4.84. The molecular weight excluding hydrogens is 326 g/mol. The molecular formula is C20H27N5O. The third-order valence-corrected chi connectivity index (χ3v) is 4.84. The summed E-state index contributed by atoms with van der Waals surface area (Å²) in [4.78, 5) is 25.3. The van der Waals surface area contributed by atoms with Crippen LogP contribution in [0.3, 0.4) is 0 Å². The van der Waals surface area contributed by atoms with Crippen molar-refractivity contribution in [1.82, 2.24) is 19.8 Å². The topological polar surface area (TPSA) is 61.4 Å². The molecule has 138 valence electrons. The summed E-state index contributed by atoms with van der Waals surface area (Å²) in [5.74, 6) is 1.11. The van der Waals surface area contributed by atoms with E-state index in [2.05, 4.69) is 53.1 Å². The van der Waals surface area contributed by atoms with Gasteiger partial charge in [0.1, 0.15) is 17.8 Å². The second kappa shape index (κ2) is 8.27. The van der Waals surface area contributed by atoms with E-state index in [0.717, 1.165) is 38.4 Å². The molecule has 0 unspecified atom stereocenters. The second-order valence-electron chi connectivity index (χ2n) is 6.92. The summed E-state index contributed by atoms with van der Waals surface area (Å²) in [5, 5.41) is 3.25. The van der Waals surface area contributed by atoms with Crippen molar-refractivity contribution in [3.8, 4) is 0 Å². The summed E-state index contributed by atoms with van der Waals surface area (Å²) in [7, 11) is 0. The van der Waals surface area contributed by atoms with Crippen molar-refractivity contribution in [3.63, 3.8) is 0 Å². The maximum absolute atomic E-state index is 12.7. The van der Waals surface area contributed by atoms with Gasteiger partial charge in [0.05, 0.1) is 0 Å². The van der Waals surface area contributed by atoms with E-state index in [9.17, 15) is 4.79 Å². The van der Waals surface area contributed by atoms with Crippen LogP contribution >= 0.6 is 0 Å². The molecule has 1 N–H and O–H groups in total. The van der Waals surface area contributed by atoms with Crippen LogP contribution in [-0.4, -0.2) is 58.4 Å². The highest BCUT2D eigenvalue weighted by molar-refractivity contribution is 5.93. The number of hydrogen-bond donors (Lipinski definition) is 1. The number of piperazine rings is 1. The monoisotopic (exact) mass is 353 g/mol. The molecule has 1 aliphatic heterocycles. The number of nitrogens with one attached hydrogen (secondary N) is 1. The van der Waals surface area contributed by atoms with Crippen molar-refractivity contribution in [1.29, 1.82) is 0 Å². The fourth-order valence-corrected chi connectivity index (χ4v) is 3.07. The smallest absolute Gasteiger partial charge is 0.272 e. The molecule has 0 aliphatic carbocycles. The minimum absolute atomic E-state index is 0.0265. The molecule has 2 aromatic rings. The number of benzene rings is 1. The van der Waals surface area contributed by atoms with Crippen LogP contribution in [0.5, 0.6) is 0 Å². The van der Waals surface area contributed by atoms with Crippen LogP contribution < -0.4 is 5.32 Å². The summed E-state index contributed by atoms with van der Waals surface area (Å²) >= 11 is 0. The molecule has 1 aliphatic rings. The number of anilines is 2. The van der Waals surface area contributed by atoms with Gasteiger partial charge in [0.15, 0.2) is 0 Å². The molecule has 26 heavy (non-hydrogen) atoms. The summed E-state index contributed by atoms with van der Waals surface area (Å²) in [6.45, 7) is 10.8. The van der Waals surface area contributed by atoms with Crippen LogP contribution in [0.15, 0.2) is 36.7 Å². The Kier molecular flexibility index (Phi) is 5.83. The number of aromatic nitrogens is 2. The lowest BCUT2D eigenvalue weighted by atomic mass is 10.0. The van der Waals surface area contributed by atoms with Crippen LogP contribution in [-0.2, 0) is 0 Å². The molecule has 1 fully saturated rings. The summed E-state index contributed by atoms with van der Waals surface area (Å²) < 4.78 is 0. The molecule has 0 radical (unpaired) electrons. The van der Waals surface area contributed by atoms with Gasteiger partial charge >= 0.3 is 0 Å². The van der Waals surface area contributed by atoms with Gasteiger partial charge in [-0.25, -0.2) is 9.97 Å². The van der Waals surface area contributed by atoms with Gasteiger partial charge < -0.3 is 15.1 Å². The molecule has 0 saturated carbocycles. The zero-order valence-corrected chi connectivity index (χ0v) is 15.8. The molecule has 6 nitrogen and oxygen atoms in total. The molecule has 0 atom stereocenters. The lowest BCUT2D eigenvalue weighted by molar-refractivity contribution is 0.0637. The number of likely N-dealkylation sites (N-methyl/N-ethyl adjacent to an activating group) is 1. The Morgan fingerprint density at radius 2 is 1.81 bits per heavy atom. The van der Waals surface area contributed by atoms with Crippen LogP contribution in [0, 0.1) is 0 Å². The quantitative estimate of drug-likeness (QED) is 0.895. The van der Waals surface area contributed by atoms with Crippen LogP contribution in [0.4, 0.5) is 11.5 Å². The predicted molar refractivity (Wildman–Crippen MR) is 104 cm³/mol. The zero-order chi connectivity index (χ0) is 18.5. The highest BCUT2D eigenvalue weighted by atomic mass is 16.2. The van der Waals surface area contributed by atoms with E-state index in [1.165, 1.54) is 11.9 Å². The van der Waals surface area contributed by atoms with Gasteiger partial charge in [-0.3, -0.25) is 4.79 Å². The SMILES string of the molecule is CCN1CCN(C(=O)c2cc(Nc3ccc(C(C)C)cc3)ncn2)CC1. The van der Waals surface area contributed by atoms with Crippen molar-refractivity contribution in [2.75, 3.05) is 38.0 Å². The number of amides is 1. The lowest BCUT2D eigenvalue weighted by Crippen LogP contribution is -2.48. The van der Waals surface area contributed by atoms with Crippen LogP contribution in [0.1, 0.15) is 42.7 Å². The minimum Gasteiger partial charge on any atom is -0.340 e. The van der Waals surface area contributed by atoms with Crippen molar-refractivity contribution in [2.45, 2.75) is 26.7 Å². The van der Waals surface area contributed by atoms with Gasteiger partial charge in [0.25, 0.3) is 5.91 Å². The van der Waals surface area contributed by atoms with Gasteiger partial charge in [-0.15, -0.1) is 0 Å². The van der Waals surface area contributed by atoms with Gasteiger partial charge in [-0.2, -0.15) is 0 Å². The molecule has 6 heteroatoms. The third kappa shape index (κ3) is 4.38. The van der Waals surface area contributed by atoms with Crippen LogP contribution in [0.2, 0.25) is 0 Å². The fraction of sp³-hybridized carbons (Fsp3) is 0.450. The van der Waals surface area contributed by atoms with Gasteiger partial charge in [-0.05, 0) is 30.2 Å². The van der Waals surface area contributed by atoms with E-state index in [4.69, 9.17) is 0 Å². The largest absolute Gasteiger partial charge is 0.340 e. The van der Waals surface area contributed by atoms with Gasteiger partial charge in [-0.1, -0.05) is 32.9 Å². The summed E-state index contributed by atoms with van der Waals surface area (Å²) in [6, 6.07) is 10.00. The second-order valence-corrected chi connectivity index (χ2v) is 6.92. The van der Waals surface area contributed by atoms with E-state index >= 15 is 0 Å². The van der Waals surface area contributed by atoms with Gasteiger partial charge in [0.2, 0.25) is 0 Å². The molecule has 1 saturated heterocycles. The zero-order valence-electron chi connectivity index (χ0n) is 15.8. The Bertz CT molecular complexity index is 736. The highest BCUT2D eigenvalue weighted by Gasteiger charge is 2.22. The molecule has 3 rings (SSSR count). The Hall–Kier alpha value is -2.47. The number of nitrogens with zero attached hydrogens (tertiary/aromatic N) is 4. The fourth-order valence-electron chi connectivity index (χ4n) is 3.07. The molecule has 2 heterocycles. The average Bonchev–Trinajstić information content (AvgIpc) is 2.68. The maximum atomic E-state index is 12.7. The number of carbonyl (C=O) groups excluding carboxylic acids is 1. The number of hydrogen-bond acceptors (Lipinski definition) is 5. The van der Waals surface area contributed by atoms with Gasteiger partial charge in [0, 0.05) is 37.9 Å². The van der Waals surface area contributed by atoms with E-state index in [-0.39, 0.29) is 5.91 Å². The van der Waals surface area contributed by atoms with Crippen LogP contribution in [0.25, 0.3) is 0 Å². The van der Waals surface area contributed by atoms with E-state index in [0.29, 0.717) is 17.4 Å². The van der Waals surface area contributed by atoms with Crippen molar-refractivity contribution in [3.05, 3.63) is 47.9 Å². The van der Waals surface area contributed by atoms with Crippen molar-refractivity contribution >= 4 is 17.4 Å². The predicted octanol–water partition coefficient (Wildman–Crippen LogP) is 3.12. The first kappa shape index (κ1) is 18.3. The first-order valence-corrected chi connectivity index (χ1v) is 9.27.